The highest BCUT2D eigenvalue weighted by Crippen LogP contribution is 2.45. The monoisotopic (exact) mass is 395 g/mol. The van der Waals surface area contributed by atoms with Gasteiger partial charge in [-0.3, -0.25) is 4.98 Å². The van der Waals surface area contributed by atoms with Crippen molar-refractivity contribution < 1.29 is 9.50 Å². The zero-order valence-corrected chi connectivity index (χ0v) is 16.6. The van der Waals surface area contributed by atoms with Crippen LogP contribution in [0.4, 0.5) is 4.39 Å². The molecule has 0 aliphatic carbocycles. The van der Waals surface area contributed by atoms with Crippen molar-refractivity contribution in [2.75, 3.05) is 0 Å². The van der Waals surface area contributed by atoms with Crippen LogP contribution in [0.1, 0.15) is 27.7 Å². The Morgan fingerprint density at radius 3 is 2.59 bits per heavy atom. The van der Waals surface area contributed by atoms with Crippen LogP contribution >= 0.6 is 22.7 Å². The first-order valence-corrected chi connectivity index (χ1v) is 10.3. The molecule has 0 saturated carbocycles. The Bertz CT molecular complexity index is 1080. The van der Waals surface area contributed by atoms with Gasteiger partial charge < -0.3 is 5.11 Å². The van der Waals surface area contributed by atoms with Gasteiger partial charge in [0.1, 0.15) is 11.9 Å². The molecule has 0 aliphatic rings. The summed E-state index contributed by atoms with van der Waals surface area (Å²) >= 11 is 3.28. The molecule has 0 aliphatic heterocycles. The largest absolute Gasteiger partial charge is 0.384 e. The quantitative estimate of drug-likeness (QED) is 0.435. The van der Waals surface area contributed by atoms with E-state index in [1.807, 2.05) is 19.1 Å². The van der Waals surface area contributed by atoms with E-state index in [9.17, 15) is 9.50 Å². The summed E-state index contributed by atoms with van der Waals surface area (Å²) in [6.07, 6.45) is 2.58. The van der Waals surface area contributed by atoms with Gasteiger partial charge in [0.25, 0.3) is 0 Å². The molecule has 3 aromatic heterocycles. The van der Waals surface area contributed by atoms with E-state index in [4.69, 9.17) is 0 Å². The highest BCUT2D eigenvalue weighted by Gasteiger charge is 2.24. The lowest BCUT2D eigenvalue weighted by Crippen LogP contribution is -2.02. The number of thiophene rings is 2. The van der Waals surface area contributed by atoms with E-state index in [0.717, 1.165) is 37.6 Å². The molecule has 0 radical (unpaired) electrons. The zero-order chi connectivity index (χ0) is 19.0. The third kappa shape index (κ3) is 3.46. The van der Waals surface area contributed by atoms with Gasteiger partial charge >= 0.3 is 0 Å². The van der Waals surface area contributed by atoms with Crippen molar-refractivity contribution in [1.29, 1.82) is 0 Å². The van der Waals surface area contributed by atoms with Gasteiger partial charge in [-0.05, 0) is 55.3 Å². The lowest BCUT2D eigenvalue weighted by molar-refractivity contribution is 0.221. The van der Waals surface area contributed by atoms with Crippen LogP contribution in [0.3, 0.4) is 0 Å². The summed E-state index contributed by atoms with van der Waals surface area (Å²) in [6, 6.07) is 12.7. The molecule has 0 amide bonds. The maximum absolute atomic E-state index is 13.6. The molecule has 0 saturated heterocycles. The van der Waals surface area contributed by atoms with Crippen molar-refractivity contribution >= 4 is 22.7 Å². The van der Waals surface area contributed by atoms with Gasteiger partial charge in [0.15, 0.2) is 0 Å². The minimum Gasteiger partial charge on any atom is -0.384 e. The number of aliphatic hydroxyl groups excluding tert-OH is 1. The van der Waals surface area contributed by atoms with E-state index < -0.39 is 6.10 Å². The summed E-state index contributed by atoms with van der Waals surface area (Å²) in [7, 11) is 0. The number of aliphatic hydroxyl groups is 1. The van der Waals surface area contributed by atoms with Gasteiger partial charge in [-0.15, -0.1) is 22.7 Å². The summed E-state index contributed by atoms with van der Waals surface area (Å²) < 4.78 is 13.6. The van der Waals surface area contributed by atoms with Crippen LogP contribution in [0, 0.1) is 19.7 Å². The molecule has 1 N–H and O–H groups in total. The summed E-state index contributed by atoms with van der Waals surface area (Å²) in [6.45, 7) is 3.97. The summed E-state index contributed by atoms with van der Waals surface area (Å²) in [5.74, 6) is -0.253. The van der Waals surface area contributed by atoms with Gasteiger partial charge in [0, 0.05) is 49.1 Å². The topological polar surface area (TPSA) is 33.1 Å². The molecule has 0 bridgehead atoms. The molecule has 5 heteroatoms. The summed E-state index contributed by atoms with van der Waals surface area (Å²) in [5.41, 5.74) is 4.41. The molecule has 1 unspecified atom stereocenters. The minimum atomic E-state index is -0.804. The van der Waals surface area contributed by atoms with Crippen LogP contribution in [0.5, 0.6) is 0 Å². The van der Waals surface area contributed by atoms with Crippen LogP contribution in [0.25, 0.3) is 20.9 Å². The van der Waals surface area contributed by atoms with E-state index in [-0.39, 0.29) is 5.82 Å². The Labute approximate surface area is 165 Å². The normalized spacial score (nSPS) is 12.3. The Balaban J connectivity index is 1.93. The van der Waals surface area contributed by atoms with Crippen LogP contribution in [-0.2, 0) is 0 Å². The summed E-state index contributed by atoms with van der Waals surface area (Å²) in [5, 5.41) is 13.3. The number of rotatable bonds is 4. The van der Waals surface area contributed by atoms with Gasteiger partial charge in [-0.2, -0.15) is 0 Å². The van der Waals surface area contributed by atoms with E-state index in [1.54, 1.807) is 41.1 Å². The highest BCUT2D eigenvalue weighted by molar-refractivity contribution is 7.17. The van der Waals surface area contributed by atoms with E-state index in [1.165, 1.54) is 17.0 Å². The van der Waals surface area contributed by atoms with Crippen molar-refractivity contribution in [1.82, 2.24) is 4.98 Å². The maximum atomic E-state index is 13.6. The molecule has 0 spiro atoms. The molecule has 1 atom stereocenters. The number of hydrogen-bond donors (Lipinski definition) is 1. The van der Waals surface area contributed by atoms with Crippen LogP contribution in [0.15, 0.2) is 60.2 Å². The zero-order valence-electron chi connectivity index (χ0n) is 14.9. The fourth-order valence-electron chi connectivity index (χ4n) is 3.20. The van der Waals surface area contributed by atoms with Crippen LogP contribution in [-0.4, -0.2) is 10.1 Å². The number of pyridine rings is 1. The minimum absolute atomic E-state index is 0.253. The molecule has 3 heterocycles. The first kappa shape index (κ1) is 18.0. The number of benzene rings is 1. The van der Waals surface area contributed by atoms with Gasteiger partial charge in [-0.1, -0.05) is 12.1 Å². The Kier molecular flexibility index (Phi) is 4.91. The number of hydrogen-bond acceptors (Lipinski definition) is 4. The van der Waals surface area contributed by atoms with Gasteiger partial charge in [0.05, 0.1) is 0 Å². The third-order valence-corrected chi connectivity index (χ3v) is 6.60. The average molecular weight is 396 g/mol. The molecule has 0 fully saturated rings. The first-order valence-electron chi connectivity index (χ1n) is 8.57. The number of aromatic nitrogens is 1. The second-order valence-electron chi connectivity index (χ2n) is 6.45. The summed E-state index contributed by atoms with van der Waals surface area (Å²) in [4.78, 5) is 7.45. The third-order valence-electron chi connectivity index (χ3n) is 4.54. The van der Waals surface area contributed by atoms with E-state index in [2.05, 4.69) is 29.4 Å². The fraction of sp³-hybridized carbons (Fsp3) is 0.136. The highest BCUT2D eigenvalue weighted by atomic mass is 32.1. The Morgan fingerprint density at radius 2 is 1.93 bits per heavy atom. The second-order valence-corrected chi connectivity index (χ2v) is 8.62. The molecule has 2 nitrogen and oxygen atoms in total. The standard InChI is InChI=1S/C22H18FNOS2/c1-13-10-16(23)6-7-17(13)22-20(21(25)15-4-3-9-24-11-15)18(12-26-22)19-8-5-14(2)27-19/h3-12,21,25H,1-2H3. The molecular formula is C22H18FNOS2. The number of nitrogens with zero attached hydrogens (tertiary/aromatic N) is 1. The molecule has 4 aromatic rings. The average Bonchev–Trinajstić information content (AvgIpc) is 3.28. The lowest BCUT2D eigenvalue weighted by atomic mass is 9.94. The van der Waals surface area contributed by atoms with E-state index in [0.29, 0.717) is 0 Å². The van der Waals surface area contributed by atoms with Crippen molar-refractivity contribution in [2.24, 2.45) is 0 Å². The maximum Gasteiger partial charge on any atom is 0.123 e. The van der Waals surface area contributed by atoms with Crippen molar-refractivity contribution in [3.05, 3.63) is 87.6 Å². The molecule has 27 heavy (non-hydrogen) atoms. The Morgan fingerprint density at radius 1 is 1.07 bits per heavy atom. The smallest absolute Gasteiger partial charge is 0.123 e. The van der Waals surface area contributed by atoms with Crippen molar-refractivity contribution in [3.63, 3.8) is 0 Å². The van der Waals surface area contributed by atoms with Crippen LogP contribution < -0.4 is 0 Å². The number of aryl methyl sites for hydroxylation is 2. The lowest BCUT2D eigenvalue weighted by Gasteiger charge is -2.16. The SMILES string of the molecule is Cc1ccc(-c2csc(-c3ccc(F)cc3C)c2C(O)c2cccnc2)s1. The molecule has 4 rings (SSSR count). The van der Waals surface area contributed by atoms with Crippen molar-refractivity contribution in [2.45, 2.75) is 20.0 Å². The second kappa shape index (κ2) is 7.35. The van der Waals surface area contributed by atoms with E-state index >= 15 is 0 Å². The molecule has 136 valence electrons. The molecule has 1 aromatic carbocycles. The Hall–Kier alpha value is -2.34. The molecular weight excluding hydrogens is 377 g/mol. The van der Waals surface area contributed by atoms with Gasteiger partial charge in [0.2, 0.25) is 0 Å². The number of halogens is 1. The van der Waals surface area contributed by atoms with Crippen LogP contribution in [0.2, 0.25) is 0 Å². The predicted octanol–water partition coefficient (Wildman–Crippen LogP) is 6.38. The predicted molar refractivity (Wildman–Crippen MR) is 111 cm³/mol. The van der Waals surface area contributed by atoms with Crippen molar-refractivity contribution in [3.8, 4) is 20.9 Å². The fourth-order valence-corrected chi connectivity index (χ4v) is 5.37. The van der Waals surface area contributed by atoms with Gasteiger partial charge in [-0.25, -0.2) is 4.39 Å². The first-order chi connectivity index (χ1) is 13.0.